The van der Waals surface area contributed by atoms with Crippen molar-refractivity contribution in [2.75, 3.05) is 33.3 Å². The van der Waals surface area contributed by atoms with E-state index >= 15 is 0 Å². The van der Waals surface area contributed by atoms with E-state index in [-0.39, 0.29) is 12.0 Å². The van der Waals surface area contributed by atoms with Crippen LogP contribution in [-0.2, 0) is 16.1 Å². The first-order chi connectivity index (χ1) is 10.6. The summed E-state index contributed by atoms with van der Waals surface area (Å²) in [4.78, 5) is 16.5. The number of ether oxygens (including phenoxy) is 1. The molecule has 0 bridgehead atoms. The maximum Gasteiger partial charge on any atom is 0.224 e. The fourth-order valence-corrected chi connectivity index (χ4v) is 2.71. The molecule has 22 heavy (non-hydrogen) atoms. The molecule has 0 saturated carbocycles. The molecule has 1 aliphatic rings. The van der Waals surface area contributed by atoms with Crippen LogP contribution < -0.4 is 0 Å². The SMILES string of the molecule is CC(C)N1CCOC(CC(=O)N(C)CCCn2cccn2)C1. The first-order valence-corrected chi connectivity index (χ1v) is 8.13. The predicted molar refractivity (Wildman–Crippen MR) is 85.5 cm³/mol. The van der Waals surface area contributed by atoms with E-state index in [4.69, 9.17) is 4.74 Å². The van der Waals surface area contributed by atoms with Crippen molar-refractivity contribution in [2.45, 2.75) is 45.4 Å². The van der Waals surface area contributed by atoms with Gasteiger partial charge < -0.3 is 9.64 Å². The number of aromatic nitrogens is 2. The molecule has 1 aromatic heterocycles. The molecule has 2 heterocycles. The van der Waals surface area contributed by atoms with E-state index in [0.717, 1.165) is 39.2 Å². The van der Waals surface area contributed by atoms with Crippen molar-refractivity contribution in [1.82, 2.24) is 19.6 Å². The molecule has 0 aliphatic carbocycles. The Labute approximate surface area is 133 Å². The number of hydrogen-bond acceptors (Lipinski definition) is 4. The summed E-state index contributed by atoms with van der Waals surface area (Å²) in [5.74, 6) is 0.163. The van der Waals surface area contributed by atoms with Crippen molar-refractivity contribution in [3.05, 3.63) is 18.5 Å². The Morgan fingerprint density at radius 1 is 1.50 bits per heavy atom. The van der Waals surface area contributed by atoms with Crippen molar-refractivity contribution < 1.29 is 9.53 Å². The minimum Gasteiger partial charge on any atom is -0.375 e. The Bertz CT molecular complexity index is 447. The molecule has 1 unspecified atom stereocenters. The molecule has 6 heteroatoms. The van der Waals surface area contributed by atoms with Crippen LogP contribution in [-0.4, -0.2) is 70.9 Å². The molecule has 1 aromatic rings. The zero-order valence-electron chi connectivity index (χ0n) is 13.9. The summed E-state index contributed by atoms with van der Waals surface area (Å²) in [6.45, 7) is 8.49. The zero-order valence-corrected chi connectivity index (χ0v) is 13.9. The Morgan fingerprint density at radius 3 is 3.00 bits per heavy atom. The van der Waals surface area contributed by atoms with Gasteiger partial charge in [0.05, 0.1) is 19.1 Å². The van der Waals surface area contributed by atoms with Crippen molar-refractivity contribution in [1.29, 1.82) is 0 Å². The van der Waals surface area contributed by atoms with Crippen LogP contribution >= 0.6 is 0 Å². The number of nitrogens with zero attached hydrogens (tertiary/aromatic N) is 4. The van der Waals surface area contributed by atoms with E-state index in [1.807, 2.05) is 24.0 Å². The highest BCUT2D eigenvalue weighted by atomic mass is 16.5. The summed E-state index contributed by atoms with van der Waals surface area (Å²) in [5, 5.41) is 4.16. The van der Waals surface area contributed by atoms with Gasteiger partial charge in [-0.15, -0.1) is 0 Å². The average molecular weight is 308 g/mol. The van der Waals surface area contributed by atoms with Gasteiger partial charge in [0, 0.05) is 51.7 Å². The van der Waals surface area contributed by atoms with Crippen LogP contribution in [0.15, 0.2) is 18.5 Å². The van der Waals surface area contributed by atoms with Crippen molar-refractivity contribution in [2.24, 2.45) is 0 Å². The first kappa shape index (κ1) is 17.0. The standard InChI is InChI=1S/C16H28N4O2/c1-14(2)19-10-11-22-15(13-19)12-16(21)18(3)7-5-9-20-8-4-6-17-20/h4,6,8,14-15H,5,7,9-13H2,1-3H3. The van der Waals surface area contributed by atoms with Gasteiger partial charge in [-0.1, -0.05) is 0 Å². The minimum atomic E-state index is 0.0252. The molecule has 0 aromatic carbocycles. The van der Waals surface area contributed by atoms with Gasteiger partial charge in [0.15, 0.2) is 0 Å². The third kappa shape index (κ3) is 5.10. The normalized spacial score (nSPS) is 19.5. The van der Waals surface area contributed by atoms with Gasteiger partial charge in [0.25, 0.3) is 0 Å². The Balaban J connectivity index is 1.69. The average Bonchev–Trinajstić information content (AvgIpc) is 3.00. The minimum absolute atomic E-state index is 0.0252. The van der Waals surface area contributed by atoms with E-state index in [1.165, 1.54) is 0 Å². The van der Waals surface area contributed by atoms with Gasteiger partial charge in [-0.2, -0.15) is 5.10 Å². The molecule has 6 nitrogen and oxygen atoms in total. The summed E-state index contributed by atoms with van der Waals surface area (Å²) in [6, 6.07) is 2.42. The maximum atomic E-state index is 12.3. The number of carbonyl (C=O) groups is 1. The summed E-state index contributed by atoms with van der Waals surface area (Å²) >= 11 is 0. The van der Waals surface area contributed by atoms with E-state index in [2.05, 4.69) is 23.8 Å². The second-order valence-electron chi connectivity index (χ2n) is 6.22. The third-order valence-electron chi connectivity index (χ3n) is 4.17. The number of aryl methyl sites for hydroxylation is 1. The van der Waals surface area contributed by atoms with E-state index in [9.17, 15) is 4.79 Å². The lowest BCUT2D eigenvalue weighted by Crippen LogP contribution is -2.47. The number of rotatable bonds is 7. The lowest BCUT2D eigenvalue weighted by molar-refractivity contribution is -0.135. The predicted octanol–water partition coefficient (Wildman–Crippen LogP) is 1.23. The summed E-state index contributed by atoms with van der Waals surface area (Å²) in [5.41, 5.74) is 0. The Hall–Kier alpha value is -1.40. The van der Waals surface area contributed by atoms with Gasteiger partial charge >= 0.3 is 0 Å². The fraction of sp³-hybridized carbons (Fsp3) is 0.750. The molecule has 2 rings (SSSR count). The maximum absolute atomic E-state index is 12.3. The smallest absolute Gasteiger partial charge is 0.224 e. The van der Waals surface area contributed by atoms with Crippen LogP contribution in [0.1, 0.15) is 26.7 Å². The third-order valence-corrected chi connectivity index (χ3v) is 4.17. The monoisotopic (exact) mass is 308 g/mol. The molecule has 1 aliphatic heterocycles. The highest BCUT2D eigenvalue weighted by molar-refractivity contribution is 5.76. The molecule has 0 radical (unpaired) electrons. The molecule has 1 fully saturated rings. The molecular weight excluding hydrogens is 280 g/mol. The van der Waals surface area contributed by atoms with Crippen LogP contribution in [0.5, 0.6) is 0 Å². The molecule has 1 atom stereocenters. The van der Waals surface area contributed by atoms with Crippen LogP contribution in [0.4, 0.5) is 0 Å². The lowest BCUT2D eigenvalue weighted by atomic mass is 10.1. The van der Waals surface area contributed by atoms with Gasteiger partial charge in [-0.25, -0.2) is 0 Å². The quantitative estimate of drug-likeness (QED) is 0.760. The molecular formula is C16H28N4O2. The van der Waals surface area contributed by atoms with E-state index in [0.29, 0.717) is 12.5 Å². The number of amides is 1. The van der Waals surface area contributed by atoms with E-state index < -0.39 is 0 Å². The lowest BCUT2D eigenvalue weighted by Gasteiger charge is -2.35. The van der Waals surface area contributed by atoms with E-state index in [1.54, 1.807) is 11.1 Å². The zero-order chi connectivity index (χ0) is 15.9. The van der Waals surface area contributed by atoms with Gasteiger partial charge in [0.1, 0.15) is 0 Å². The van der Waals surface area contributed by atoms with Crippen LogP contribution in [0.3, 0.4) is 0 Å². The first-order valence-electron chi connectivity index (χ1n) is 8.13. The van der Waals surface area contributed by atoms with Gasteiger partial charge in [-0.05, 0) is 26.3 Å². The number of morpholine rings is 1. The largest absolute Gasteiger partial charge is 0.375 e. The van der Waals surface area contributed by atoms with Crippen LogP contribution in [0.2, 0.25) is 0 Å². The molecule has 0 spiro atoms. The highest BCUT2D eigenvalue weighted by Gasteiger charge is 2.25. The second-order valence-corrected chi connectivity index (χ2v) is 6.22. The summed E-state index contributed by atoms with van der Waals surface area (Å²) in [6.07, 6.45) is 5.13. The van der Waals surface area contributed by atoms with Crippen molar-refractivity contribution in [3.63, 3.8) is 0 Å². The summed E-state index contributed by atoms with van der Waals surface area (Å²) in [7, 11) is 1.87. The second kappa shape index (κ2) is 8.29. The number of hydrogen-bond donors (Lipinski definition) is 0. The molecule has 0 N–H and O–H groups in total. The number of carbonyl (C=O) groups excluding carboxylic acids is 1. The Kier molecular flexibility index (Phi) is 6.39. The topological polar surface area (TPSA) is 50.6 Å². The Morgan fingerprint density at radius 2 is 2.32 bits per heavy atom. The molecule has 1 amide bonds. The fourth-order valence-electron chi connectivity index (χ4n) is 2.71. The van der Waals surface area contributed by atoms with Crippen LogP contribution in [0.25, 0.3) is 0 Å². The van der Waals surface area contributed by atoms with Crippen LogP contribution in [0, 0.1) is 0 Å². The molecule has 1 saturated heterocycles. The van der Waals surface area contributed by atoms with Crippen molar-refractivity contribution >= 4 is 5.91 Å². The highest BCUT2D eigenvalue weighted by Crippen LogP contribution is 2.12. The van der Waals surface area contributed by atoms with Gasteiger partial charge in [-0.3, -0.25) is 14.4 Å². The van der Waals surface area contributed by atoms with Gasteiger partial charge in [0.2, 0.25) is 5.91 Å². The van der Waals surface area contributed by atoms with Crippen molar-refractivity contribution in [3.8, 4) is 0 Å². The summed E-state index contributed by atoms with van der Waals surface area (Å²) < 4.78 is 7.63. The molecule has 124 valence electrons.